The lowest BCUT2D eigenvalue weighted by Crippen LogP contribution is -2.50. The van der Waals surface area contributed by atoms with Crippen LogP contribution in [0.4, 0.5) is 5.69 Å². The first-order chi connectivity index (χ1) is 16.0. The van der Waals surface area contributed by atoms with Crippen molar-refractivity contribution in [1.82, 2.24) is 0 Å². The van der Waals surface area contributed by atoms with Gasteiger partial charge in [0.05, 0.1) is 34.0 Å². The number of halogens is 1. The number of anilines is 1. The van der Waals surface area contributed by atoms with E-state index in [-0.39, 0.29) is 35.6 Å². The van der Waals surface area contributed by atoms with Crippen molar-refractivity contribution >= 4 is 39.4 Å². The number of benzene rings is 3. The van der Waals surface area contributed by atoms with Crippen LogP contribution >= 0.6 is 15.9 Å². The van der Waals surface area contributed by atoms with Gasteiger partial charge in [-0.2, -0.15) is 0 Å². The van der Waals surface area contributed by atoms with Crippen molar-refractivity contribution in [2.45, 2.75) is 17.2 Å². The van der Waals surface area contributed by atoms with Gasteiger partial charge in [0, 0.05) is 5.92 Å². The number of rotatable bonds is 3. The van der Waals surface area contributed by atoms with E-state index in [2.05, 4.69) is 28.1 Å². The number of hydrogen-bond acceptors (Lipinski definition) is 4. The molecule has 1 heterocycles. The van der Waals surface area contributed by atoms with E-state index in [9.17, 15) is 14.4 Å². The van der Waals surface area contributed by atoms with Gasteiger partial charge in [-0.1, -0.05) is 76.6 Å². The van der Waals surface area contributed by atoms with E-state index in [4.69, 9.17) is 4.74 Å². The Morgan fingerprint density at radius 1 is 0.909 bits per heavy atom. The number of alkyl halides is 1. The van der Waals surface area contributed by atoms with Crippen LogP contribution in [0.5, 0.6) is 0 Å². The topological polar surface area (TPSA) is 63.7 Å². The highest BCUT2D eigenvalue weighted by molar-refractivity contribution is 9.09. The molecule has 0 spiro atoms. The standard InChI is InChI=1S/C27H20BrNO4/c1-2-33-26(32)17-11-5-8-14-20(17)29-24(30)22-21-15-9-3-6-12-18(15)27(28,23(22)25(29)31)19-13-7-4-10-16(19)21/h3-14,21-23H,2H2,1H3/t21?,22-,23+,27?/m0/s1. The predicted molar refractivity (Wildman–Crippen MR) is 126 cm³/mol. The molecular formula is C27H20BrNO4. The molecule has 0 unspecified atom stereocenters. The highest BCUT2D eigenvalue weighted by Crippen LogP contribution is 2.66. The maximum absolute atomic E-state index is 14.0. The van der Waals surface area contributed by atoms with E-state index in [1.165, 1.54) is 4.90 Å². The van der Waals surface area contributed by atoms with Crippen molar-refractivity contribution < 1.29 is 19.1 Å². The van der Waals surface area contributed by atoms with Gasteiger partial charge in [-0.15, -0.1) is 0 Å². The van der Waals surface area contributed by atoms with E-state index in [0.29, 0.717) is 0 Å². The van der Waals surface area contributed by atoms with Crippen LogP contribution in [0.2, 0.25) is 0 Å². The van der Waals surface area contributed by atoms with Gasteiger partial charge in [0.1, 0.15) is 0 Å². The number of ether oxygens (including phenoxy) is 1. The number of nitrogens with zero attached hydrogens (tertiary/aromatic N) is 1. The summed E-state index contributed by atoms with van der Waals surface area (Å²) in [4.78, 5) is 41.8. The van der Waals surface area contributed by atoms with Crippen LogP contribution in [0, 0.1) is 11.8 Å². The van der Waals surface area contributed by atoms with E-state index in [1.807, 2.05) is 36.4 Å². The third-order valence-electron chi connectivity index (χ3n) is 7.15. The molecule has 2 amide bonds. The quantitative estimate of drug-likeness (QED) is 0.294. The Bertz CT molecular complexity index is 1300. The van der Waals surface area contributed by atoms with Crippen LogP contribution in [-0.2, 0) is 18.7 Å². The number of imide groups is 1. The molecule has 7 rings (SSSR count). The first-order valence-electron chi connectivity index (χ1n) is 11.0. The molecule has 1 saturated heterocycles. The van der Waals surface area contributed by atoms with E-state index < -0.39 is 22.1 Å². The molecule has 164 valence electrons. The molecule has 0 saturated carbocycles. The van der Waals surface area contributed by atoms with Crippen molar-refractivity contribution in [3.63, 3.8) is 0 Å². The molecule has 2 atom stereocenters. The fourth-order valence-electron chi connectivity index (χ4n) is 5.97. The Morgan fingerprint density at radius 3 is 2.12 bits per heavy atom. The van der Waals surface area contributed by atoms with E-state index in [1.54, 1.807) is 31.2 Å². The second-order valence-electron chi connectivity index (χ2n) is 8.62. The maximum atomic E-state index is 14.0. The van der Waals surface area contributed by atoms with Gasteiger partial charge in [0.15, 0.2) is 0 Å². The van der Waals surface area contributed by atoms with Crippen LogP contribution in [0.3, 0.4) is 0 Å². The molecule has 3 aromatic rings. The number of amides is 2. The Hall–Kier alpha value is -3.25. The van der Waals surface area contributed by atoms with Crippen molar-refractivity contribution in [3.8, 4) is 0 Å². The Labute approximate surface area is 199 Å². The minimum Gasteiger partial charge on any atom is -0.462 e. The molecule has 5 nitrogen and oxygen atoms in total. The van der Waals surface area contributed by atoms with Crippen molar-refractivity contribution in [3.05, 3.63) is 101 Å². The zero-order valence-electron chi connectivity index (χ0n) is 17.8. The molecule has 0 aromatic heterocycles. The maximum Gasteiger partial charge on any atom is 0.340 e. The van der Waals surface area contributed by atoms with E-state index >= 15 is 0 Å². The lowest BCUT2D eigenvalue weighted by atomic mass is 9.55. The SMILES string of the molecule is CCOC(=O)c1ccccc1N1C(=O)[C@H]2C3c4ccccc4C(Br)(c4ccccc43)[C@H]2C1=O. The highest BCUT2D eigenvalue weighted by Gasteiger charge is 2.67. The normalized spacial score (nSPS) is 26.6. The number of carbonyl (C=O) groups is 3. The molecule has 1 aliphatic heterocycles. The van der Waals surface area contributed by atoms with Gasteiger partial charge in [-0.05, 0) is 41.3 Å². The molecule has 3 aliphatic carbocycles. The van der Waals surface area contributed by atoms with Gasteiger partial charge in [-0.3, -0.25) is 9.59 Å². The van der Waals surface area contributed by atoms with Gasteiger partial charge in [-0.25, -0.2) is 9.69 Å². The average Bonchev–Trinajstić information content (AvgIpc) is 3.11. The fraction of sp³-hybridized carbons (Fsp3) is 0.222. The monoisotopic (exact) mass is 501 g/mol. The smallest absolute Gasteiger partial charge is 0.340 e. The van der Waals surface area contributed by atoms with Gasteiger partial charge >= 0.3 is 5.97 Å². The van der Waals surface area contributed by atoms with Crippen LogP contribution < -0.4 is 4.90 Å². The summed E-state index contributed by atoms with van der Waals surface area (Å²) in [5.41, 5.74) is 4.68. The minimum absolute atomic E-state index is 0.206. The molecule has 2 bridgehead atoms. The number of para-hydroxylation sites is 1. The summed E-state index contributed by atoms with van der Waals surface area (Å²) in [5.74, 6) is -2.52. The van der Waals surface area contributed by atoms with Crippen LogP contribution in [0.25, 0.3) is 0 Å². The van der Waals surface area contributed by atoms with Crippen molar-refractivity contribution in [2.24, 2.45) is 11.8 Å². The lowest BCUT2D eigenvalue weighted by molar-refractivity contribution is -0.122. The van der Waals surface area contributed by atoms with Crippen molar-refractivity contribution in [2.75, 3.05) is 11.5 Å². The summed E-state index contributed by atoms with van der Waals surface area (Å²) >= 11 is 3.99. The zero-order chi connectivity index (χ0) is 22.9. The lowest BCUT2D eigenvalue weighted by Gasteiger charge is -2.51. The Kier molecular flexibility index (Phi) is 4.40. The van der Waals surface area contributed by atoms with Gasteiger partial charge < -0.3 is 4.74 Å². The first-order valence-corrected chi connectivity index (χ1v) is 11.8. The Morgan fingerprint density at radius 2 is 1.48 bits per heavy atom. The van der Waals surface area contributed by atoms with Crippen LogP contribution in [-0.4, -0.2) is 24.4 Å². The third kappa shape index (κ3) is 2.50. The fourth-order valence-corrected chi connectivity index (χ4v) is 7.17. The summed E-state index contributed by atoms with van der Waals surface area (Å²) in [5, 5.41) is 0. The summed E-state index contributed by atoms with van der Waals surface area (Å²) in [7, 11) is 0. The number of hydrogen-bond donors (Lipinski definition) is 0. The molecule has 3 aromatic carbocycles. The summed E-state index contributed by atoms with van der Waals surface area (Å²) < 4.78 is 4.38. The van der Waals surface area contributed by atoms with Gasteiger partial charge in [0.25, 0.3) is 0 Å². The van der Waals surface area contributed by atoms with Crippen LogP contribution in [0.15, 0.2) is 72.8 Å². The predicted octanol–water partition coefficient (Wildman–Crippen LogP) is 4.77. The van der Waals surface area contributed by atoms with Gasteiger partial charge in [0.2, 0.25) is 11.8 Å². The zero-order valence-corrected chi connectivity index (χ0v) is 19.4. The average molecular weight is 502 g/mol. The molecule has 1 fully saturated rings. The molecule has 6 heteroatoms. The number of carbonyl (C=O) groups excluding carboxylic acids is 3. The largest absolute Gasteiger partial charge is 0.462 e. The summed E-state index contributed by atoms with van der Waals surface area (Å²) in [6, 6.07) is 22.7. The van der Waals surface area contributed by atoms with Crippen LogP contribution in [0.1, 0.15) is 45.5 Å². The molecule has 33 heavy (non-hydrogen) atoms. The molecule has 0 radical (unpaired) electrons. The highest BCUT2D eigenvalue weighted by atomic mass is 79.9. The molecule has 0 N–H and O–H groups in total. The van der Waals surface area contributed by atoms with Crippen molar-refractivity contribution in [1.29, 1.82) is 0 Å². The second kappa shape index (κ2) is 7.12. The Balaban J connectivity index is 1.56. The third-order valence-corrected chi connectivity index (χ3v) is 8.50. The van der Waals surface area contributed by atoms with E-state index in [0.717, 1.165) is 22.3 Å². The number of esters is 1. The summed E-state index contributed by atoms with van der Waals surface area (Å²) in [6.07, 6.45) is 0. The summed E-state index contributed by atoms with van der Waals surface area (Å²) in [6.45, 7) is 1.93. The first kappa shape index (κ1) is 20.4. The minimum atomic E-state index is -0.819. The molecule has 4 aliphatic rings. The molecular weight excluding hydrogens is 482 g/mol. The second-order valence-corrected chi connectivity index (χ2v) is 9.87.